The Morgan fingerprint density at radius 3 is 2.40 bits per heavy atom. The van der Waals surface area contributed by atoms with Crippen LogP contribution in [0.3, 0.4) is 0 Å². The van der Waals surface area contributed by atoms with Gasteiger partial charge in [-0.3, -0.25) is 14.7 Å². The summed E-state index contributed by atoms with van der Waals surface area (Å²) in [5.74, 6) is 0.462. The number of para-hydroxylation sites is 2. The van der Waals surface area contributed by atoms with E-state index in [0.717, 1.165) is 60.9 Å². The number of hydrogen-bond acceptors (Lipinski definition) is 10. The molecule has 0 aliphatic carbocycles. The fourth-order valence-corrected chi connectivity index (χ4v) is 6.19. The average molecular weight is 632 g/mol. The molecule has 2 fully saturated rings. The molecule has 2 N–H and O–H groups in total. The maximum atomic E-state index is 13.2. The van der Waals surface area contributed by atoms with Gasteiger partial charge in [-0.2, -0.15) is 0 Å². The number of nitrogens with zero attached hydrogens (tertiary/aromatic N) is 6. The Balaban J connectivity index is 1.09. The second-order valence-corrected chi connectivity index (χ2v) is 12.0. The molecule has 0 bridgehead atoms. The second kappa shape index (κ2) is 13.9. The zero-order valence-corrected chi connectivity index (χ0v) is 26.1. The van der Waals surface area contributed by atoms with E-state index in [1.165, 1.54) is 6.20 Å². The Morgan fingerprint density at radius 1 is 0.872 bits per heavy atom. The Labute approximate surface area is 273 Å². The van der Waals surface area contributed by atoms with Gasteiger partial charge in [0, 0.05) is 62.3 Å². The maximum Gasteiger partial charge on any atom is 0.275 e. The van der Waals surface area contributed by atoms with Crippen LogP contribution in [0, 0.1) is 5.92 Å². The van der Waals surface area contributed by atoms with Crippen LogP contribution in [0.2, 0.25) is 0 Å². The maximum absolute atomic E-state index is 13.2. The lowest BCUT2D eigenvalue weighted by molar-refractivity contribution is -0.276. The van der Waals surface area contributed by atoms with Crippen LogP contribution in [0.5, 0.6) is 0 Å². The molecule has 4 heterocycles. The molecule has 1 amide bonds. The van der Waals surface area contributed by atoms with E-state index in [4.69, 9.17) is 9.47 Å². The van der Waals surface area contributed by atoms with Gasteiger partial charge in [-0.15, -0.1) is 0 Å². The number of carbonyl (C=O) groups excluding carboxylic acids is 1. The summed E-state index contributed by atoms with van der Waals surface area (Å²) < 4.78 is 13.4. The number of carbonyl (C=O) groups is 1. The topological polar surface area (TPSA) is 126 Å². The summed E-state index contributed by atoms with van der Waals surface area (Å²) in [6, 6.07) is 24.7. The van der Waals surface area contributed by atoms with Crippen molar-refractivity contribution >= 4 is 28.6 Å². The number of aromatic nitrogens is 4. The molecule has 2 aliphatic heterocycles. The molecule has 0 radical (unpaired) electrons. The highest BCUT2D eigenvalue weighted by molar-refractivity contribution is 6.03. The molecular weight excluding hydrogens is 594 g/mol. The van der Waals surface area contributed by atoms with Crippen LogP contribution in [0.4, 0.5) is 11.6 Å². The molecule has 0 unspecified atom stereocenters. The molecule has 3 aromatic carbocycles. The van der Waals surface area contributed by atoms with Gasteiger partial charge in [0.05, 0.1) is 36.0 Å². The Morgan fingerprint density at radius 2 is 1.64 bits per heavy atom. The molecule has 4 atom stereocenters. The number of anilines is 2. The summed E-state index contributed by atoms with van der Waals surface area (Å²) in [4.78, 5) is 35.5. The quantitative estimate of drug-likeness (QED) is 0.247. The first kappa shape index (κ1) is 30.8. The van der Waals surface area contributed by atoms with Gasteiger partial charge in [0.15, 0.2) is 6.29 Å². The summed E-state index contributed by atoms with van der Waals surface area (Å²) in [5, 5.41) is 12.6. The van der Waals surface area contributed by atoms with Crippen LogP contribution in [0.15, 0.2) is 97.5 Å². The lowest BCUT2D eigenvalue weighted by atomic mass is 9.90. The molecule has 0 spiro atoms. The Kier molecular flexibility index (Phi) is 9.11. The van der Waals surface area contributed by atoms with E-state index < -0.39 is 6.29 Å². The molecule has 2 saturated heterocycles. The molecule has 2 aliphatic rings. The average Bonchev–Trinajstić information content (AvgIpc) is 3.13. The highest BCUT2D eigenvalue weighted by Gasteiger charge is 2.39. The van der Waals surface area contributed by atoms with Crippen LogP contribution < -0.4 is 10.2 Å². The third-order valence-corrected chi connectivity index (χ3v) is 8.87. The lowest BCUT2D eigenvalue weighted by Crippen LogP contribution is -2.51. The molecule has 0 saturated carbocycles. The van der Waals surface area contributed by atoms with E-state index in [0.29, 0.717) is 11.2 Å². The van der Waals surface area contributed by atoms with Crippen molar-refractivity contribution in [3.63, 3.8) is 0 Å². The number of rotatable bonds is 8. The first-order chi connectivity index (χ1) is 23.0. The molecule has 7 rings (SSSR count). The summed E-state index contributed by atoms with van der Waals surface area (Å²) in [5.41, 5.74) is 4.90. The van der Waals surface area contributed by atoms with Crippen molar-refractivity contribution < 1.29 is 19.4 Å². The van der Waals surface area contributed by atoms with Gasteiger partial charge >= 0.3 is 0 Å². The fraction of sp³-hybridized carbons (Fsp3) is 0.306. The monoisotopic (exact) mass is 631 g/mol. The number of piperazine rings is 1. The van der Waals surface area contributed by atoms with Crippen LogP contribution >= 0.6 is 0 Å². The first-order valence-electron chi connectivity index (χ1n) is 15.9. The highest BCUT2D eigenvalue weighted by atomic mass is 16.7. The third kappa shape index (κ3) is 6.98. The van der Waals surface area contributed by atoms with Crippen LogP contribution in [-0.2, 0) is 16.1 Å². The van der Waals surface area contributed by atoms with Crippen molar-refractivity contribution in [3.05, 3.63) is 120 Å². The molecule has 240 valence electrons. The third-order valence-electron chi connectivity index (χ3n) is 8.87. The van der Waals surface area contributed by atoms with Gasteiger partial charge in [-0.25, -0.2) is 15.0 Å². The Hall–Kier alpha value is -4.81. The van der Waals surface area contributed by atoms with E-state index in [2.05, 4.69) is 42.0 Å². The minimum absolute atomic E-state index is 0.0149. The molecular formula is C36H37N7O4. The smallest absolute Gasteiger partial charge is 0.275 e. The highest BCUT2D eigenvalue weighted by Crippen LogP contribution is 2.42. The van der Waals surface area contributed by atoms with Gasteiger partial charge in [-0.1, -0.05) is 55.5 Å². The van der Waals surface area contributed by atoms with Crippen molar-refractivity contribution in [2.24, 2.45) is 5.92 Å². The Bertz CT molecular complexity index is 1820. The zero-order chi connectivity index (χ0) is 32.2. The summed E-state index contributed by atoms with van der Waals surface area (Å²) in [7, 11) is 0. The standard InChI is InChI=1S/C36H37N7O4/c1-24-32(22-42-16-18-43(19-17-42)36-37-14-5-15-38-36)46-35(47-33(24)26-12-10-25(23-44)11-13-26)27-6-4-7-28(20-27)40-34(45)31-21-39-29-8-2-3-9-30(29)41-31/h2-15,20-21,24,32-33,35,44H,16-19,22-23H2,1H3,(H,40,45)/t24-,32+,33+,35+/m1/s1. The van der Waals surface area contributed by atoms with Gasteiger partial charge in [-0.05, 0) is 41.5 Å². The number of benzene rings is 3. The number of aliphatic hydroxyl groups is 1. The normalized spacial score (nSPS) is 21.9. The number of amides is 1. The van der Waals surface area contributed by atoms with E-state index >= 15 is 0 Å². The van der Waals surface area contributed by atoms with Crippen molar-refractivity contribution in [3.8, 4) is 0 Å². The fourth-order valence-electron chi connectivity index (χ4n) is 6.19. The summed E-state index contributed by atoms with van der Waals surface area (Å²) in [6.45, 7) is 6.30. The van der Waals surface area contributed by atoms with Crippen LogP contribution in [-0.4, -0.2) is 74.7 Å². The molecule has 47 heavy (non-hydrogen) atoms. The molecule has 2 aromatic heterocycles. The van der Waals surface area contributed by atoms with Crippen molar-refractivity contribution in [2.45, 2.75) is 32.0 Å². The summed E-state index contributed by atoms with van der Waals surface area (Å²) in [6.07, 6.45) is 4.02. The zero-order valence-electron chi connectivity index (χ0n) is 26.1. The van der Waals surface area contributed by atoms with Crippen molar-refractivity contribution in [2.75, 3.05) is 42.9 Å². The number of hydrogen-bond donors (Lipinski definition) is 2. The molecule has 11 heteroatoms. The predicted molar refractivity (Wildman–Crippen MR) is 178 cm³/mol. The van der Waals surface area contributed by atoms with Gasteiger partial charge < -0.3 is 24.8 Å². The molecule has 11 nitrogen and oxygen atoms in total. The van der Waals surface area contributed by atoms with Crippen LogP contribution in [0.25, 0.3) is 11.0 Å². The second-order valence-electron chi connectivity index (χ2n) is 12.0. The minimum atomic E-state index is -0.657. The largest absolute Gasteiger partial charge is 0.392 e. The number of aliphatic hydroxyl groups excluding tert-OH is 1. The first-order valence-corrected chi connectivity index (χ1v) is 15.9. The van der Waals surface area contributed by atoms with E-state index in [-0.39, 0.29) is 36.3 Å². The van der Waals surface area contributed by atoms with E-state index in [1.807, 2.05) is 78.9 Å². The summed E-state index contributed by atoms with van der Waals surface area (Å²) >= 11 is 0. The van der Waals surface area contributed by atoms with E-state index in [1.54, 1.807) is 12.4 Å². The number of ether oxygens (including phenoxy) is 2. The van der Waals surface area contributed by atoms with E-state index in [9.17, 15) is 9.90 Å². The molecule has 5 aromatic rings. The van der Waals surface area contributed by atoms with Crippen molar-refractivity contribution in [1.82, 2.24) is 24.8 Å². The van der Waals surface area contributed by atoms with Gasteiger partial charge in [0.25, 0.3) is 5.91 Å². The SMILES string of the molecule is C[C@@H]1[C@H](CN2CCN(c3ncccn3)CC2)O[C@H](c2cccc(NC(=O)c3cnc4ccccc4n3)c2)O[C@@H]1c1ccc(CO)cc1. The van der Waals surface area contributed by atoms with Crippen LogP contribution in [0.1, 0.15) is 46.5 Å². The van der Waals surface area contributed by atoms with Gasteiger partial charge in [0.1, 0.15) is 5.69 Å². The minimum Gasteiger partial charge on any atom is -0.392 e. The van der Waals surface area contributed by atoms with Gasteiger partial charge in [0.2, 0.25) is 5.95 Å². The van der Waals surface area contributed by atoms with Crippen molar-refractivity contribution in [1.29, 1.82) is 0 Å². The number of fused-ring (bicyclic) bond motifs is 1. The predicted octanol–water partition coefficient (Wildman–Crippen LogP) is 4.78. The lowest BCUT2D eigenvalue weighted by Gasteiger charge is -2.44. The number of nitrogens with one attached hydrogen (secondary N) is 1.